The number of hydrogen-bond donors (Lipinski definition) is 0. The summed E-state index contributed by atoms with van der Waals surface area (Å²) in [4.78, 5) is 20.2. The van der Waals surface area contributed by atoms with Crippen molar-refractivity contribution in [1.29, 1.82) is 0 Å². The maximum Gasteiger partial charge on any atom is 0.266 e. The molecule has 0 bridgehead atoms. The van der Waals surface area contributed by atoms with E-state index >= 15 is 0 Å². The van der Waals surface area contributed by atoms with Gasteiger partial charge in [-0.25, -0.2) is 4.99 Å². The molecular weight excluding hydrogens is 380 g/mol. The van der Waals surface area contributed by atoms with E-state index in [-0.39, 0.29) is 5.91 Å². The summed E-state index contributed by atoms with van der Waals surface area (Å²) >= 11 is 1.42. The SMILES string of the molecule is C=CCOc1ccc(/C=C2/SC(=Nc3ccc(C)cc3)N(CC(C)C)C2=O)cc1. The van der Waals surface area contributed by atoms with Gasteiger partial charge in [-0.3, -0.25) is 9.69 Å². The van der Waals surface area contributed by atoms with Crippen molar-refractivity contribution in [3.63, 3.8) is 0 Å². The third-order valence-electron chi connectivity index (χ3n) is 4.24. The van der Waals surface area contributed by atoms with E-state index < -0.39 is 0 Å². The summed E-state index contributed by atoms with van der Waals surface area (Å²) < 4.78 is 5.52. The fourth-order valence-electron chi connectivity index (χ4n) is 2.81. The molecule has 1 aliphatic rings. The molecule has 0 aromatic heterocycles. The van der Waals surface area contributed by atoms with E-state index in [1.807, 2.05) is 61.5 Å². The van der Waals surface area contributed by atoms with Gasteiger partial charge in [0.1, 0.15) is 12.4 Å². The summed E-state index contributed by atoms with van der Waals surface area (Å²) in [6.07, 6.45) is 3.62. The Bertz CT molecular complexity index is 928. The highest BCUT2D eigenvalue weighted by Gasteiger charge is 2.33. The molecule has 3 rings (SSSR count). The van der Waals surface area contributed by atoms with Crippen LogP contribution in [0.3, 0.4) is 0 Å². The minimum atomic E-state index is 0.00143. The Balaban J connectivity index is 1.86. The van der Waals surface area contributed by atoms with Crippen molar-refractivity contribution < 1.29 is 9.53 Å². The first-order chi connectivity index (χ1) is 14.0. The van der Waals surface area contributed by atoms with Gasteiger partial charge in [-0.15, -0.1) is 0 Å². The number of hydrogen-bond acceptors (Lipinski definition) is 4. The number of ether oxygens (including phenoxy) is 1. The average Bonchev–Trinajstić information content (AvgIpc) is 2.97. The standard InChI is InChI=1S/C24H26N2O2S/c1-5-14-28-21-12-8-19(9-13-21)15-22-23(27)26(16-17(2)3)24(29-22)25-20-10-6-18(4)7-11-20/h5-13,15,17H,1,14,16H2,2-4H3/b22-15+,25-24?. The van der Waals surface area contributed by atoms with Crippen LogP contribution >= 0.6 is 11.8 Å². The lowest BCUT2D eigenvalue weighted by atomic mass is 10.2. The summed E-state index contributed by atoms with van der Waals surface area (Å²) in [6.45, 7) is 11.0. The molecule has 5 heteroatoms. The Labute approximate surface area is 177 Å². The monoisotopic (exact) mass is 406 g/mol. The second-order valence-corrected chi connectivity index (χ2v) is 8.33. The number of nitrogens with zero attached hydrogens (tertiary/aromatic N) is 2. The Morgan fingerprint density at radius 2 is 1.83 bits per heavy atom. The van der Waals surface area contributed by atoms with Crippen molar-refractivity contribution in [3.05, 3.63) is 77.2 Å². The van der Waals surface area contributed by atoms with E-state index in [0.717, 1.165) is 22.2 Å². The smallest absolute Gasteiger partial charge is 0.266 e. The van der Waals surface area contributed by atoms with Crippen LogP contribution < -0.4 is 4.74 Å². The van der Waals surface area contributed by atoms with Gasteiger partial charge in [0.15, 0.2) is 5.17 Å². The van der Waals surface area contributed by atoms with Crippen LogP contribution in [0.4, 0.5) is 5.69 Å². The van der Waals surface area contributed by atoms with E-state index in [1.54, 1.807) is 11.0 Å². The van der Waals surface area contributed by atoms with Crippen LogP contribution in [0.15, 0.2) is 71.1 Å². The second-order valence-electron chi connectivity index (χ2n) is 7.32. The van der Waals surface area contributed by atoms with Crippen molar-refractivity contribution in [3.8, 4) is 5.75 Å². The van der Waals surface area contributed by atoms with Crippen LogP contribution in [0.2, 0.25) is 0 Å². The molecule has 0 aliphatic carbocycles. The van der Waals surface area contributed by atoms with Crippen LogP contribution in [0.1, 0.15) is 25.0 Å². The molecule has 0 radical (unpaired) electrons. The molecule has 1 fully saturated rings. The lowest BCUT2D eigenvalue weighted by Crippen LogP contribution is -2.32. The predicted octanol–water partition coefficient (Wildman–Crippen LogP) is 5.82. The molecule has 4 nitrogen and oxygen atoms in total. The summed E-state index contributed by atoms with van der Waals surface area (Å²) in [5.41, 5.74) is 2.99. The normalized spacial score (nSPS) is 16.8. The summed E-state index contributed by atoms with van der Waals surface area (Å²) in [6, 6.07) is 15.7. The van der Waals surface area contributed by atoms with Gasteiger partial charge in [-0.2, -0.15) is 0 Å². The molecular formula is C24H26N2O2S. The minimum absolute atomic E-state index is 0.00143. The van der Waals surface area contributed by atoms with E-state index in [2.05, 4.69) is 20.4 Å². The maximum atomic E-state index is 13.0. The first kappa shape index (κ1) is 20.9. The van der Waals surface area contributed by atoms with Gasteiger partial charge in [0, 0.05) is 6.54 Å². The first-order valence-corrected chi connectivity index (χ1v) is 10.5. The lowest BCUT2D eigenvalue weighted by molar-refractivity contribution is -0.122. The second kappa shape index (κ2) is 9.61. The topological polar surface area (TPSA) is 41.9 Å². The van der Waals surface area contributed by atoms with Gasteiger partial charge >= 0.3 is 0 Å². The lowest BCUT2D eigenvalue weighted by Gasteiger charge is -2.17. The van der Waals surface area contributed by atoms with Crippen molar-refractivity contribution in [2.24, 2.45) is 10.9 Å². The number of rotatable bonds is 7. The van der Waals surface area contributed by atoms with Crippen molar-refractivity contribution in [2.45, 2.75) is 20.8 Å². The molecule has 0 N–H and O–H groups in total. The number of carbonyl (C=O) groups is 1. The molecule has 150 valence electrons. The van der Waals surface area contributed by atoms with Gasteiger partial charge in [-0.05, 0) is 60.5 Å². The number of benzene rings is 2. The van der Waals surface area contributed by atoms with Crippen molar-refractivity contribution in [1.82, 2.24) is 4.90 Å². The molecule has 2 aromatic carbocycles. The van der Waals surface area contributed by atoms with Crippen LogP contribution in [0.5, 0.6) is 5.75 Å². The average molecular weight is 407 g/mol. The number of amidine groups is 1. The zero-order valence-corrected chi connectivity index (χ0v) is 17.9. The molecule has 1 heterocycles. The molecule has 1 aliphatic heterocycles. The molecule has 0 spiro atoms. The van der Waals surface area contributed by atoms with E-state index in [0.29, 0.717) is 24.0 Å². The molecule has 29 heavy (non-hydrogen) atoms. The highest BCUT2D eigenvalue weighted by Crippen LogP contribution is 2.34. The molecule has 1 saturated heterocycles. The largest absolute Gasteiger partial charge is 0.490 e. The highest BCUT2D eigenvalue weighted by molar-refractivity contribution is 8.18. The van der Waals surface area contributed by atoms with Crippen LogP contribution in [0.25, 0.3) is 6.08 Å². The van der Waals surface area contributed by atoms with E-state index in [4.69, 9.17) is 9.73 Å². The Hall–Kier alpha value is -2.79. The maximum absolute atomic E-state index is 13.0. The highest BCUT2D eigenvalue weighted by atomic mass is 32.2. The number of aryl methyl sites for hydroxylation is 1. The van der Waals surface area contributed by atoms with E-state index in [1.165, 1.54) is 17.3 Å². The third-order valence-corrected chi connectivity index (χ3v) is 5.25. The molecule has 0 unspecified atom stereocenters. The van der Waals surface area contributed by atoms with Gasteiger partial charge in [0.25, 0.3) is 5.91 Å². The van der Waals surface area contributed by atoms with Crippen LogP contribution in [0, 0.1) is 12.8 Å². The summed E-state index contributed by atoms with van der Waals surface area (Å²) in [5.74, 6) is 1.13. The van der Waals surface area contributed by atoms with Gasteiger partial charge in [0.05, 0.1) is 10.6 Å². The van der Waals surface area contributed by atoms with Gasteiger partial charge in [0.2, 0.25) is 0 Å². The fourth-order valence-corrected chi connectivity index (χ4v) is 3.82. The first-order valence-electron chi connectivity index (χ1n) is 9.67. The quantitative estimate of drug-likeness (QED) is 0.430. The summed E-state index contributed by atoms with van der Waals surface area (Å²) in [5, 5.41) is 0.727. The van der Waals surface area contributed by atoms with E-state index in [9.17, 15) is 4.79 Å². The van der Waals surface area contributed by atoms with Crippen molar-refractivity contribution in [2.75, 3.05) is 13.2 Å². The van der Waals surface area contributed by atoms with Crippen LogP contribution in [-0.2, 0) is 4.79 Å². The zero-order valence-electron chi connectivity index (χ0n) is 17.1. The number of aliphatic imine (C=N–C) groups is 1. The fraction of sp³-hybridized carbons (Fsp3) is 0.250. The van der Waals surface area contributed by atoms with Gasteiger partial charge < -0.3 is 4.74 Å². The predicted molar refractivity (Wildman–Crippen MR) is 123 cm³/mol. The number of thioether (sulfide) groups is 1. The summed E-state index contributed by atoms with van der Waals surface area (Å²) in [7, 11) is 0. The molecule has 1 amide bonds. The molecule has 2 aromatic rings. The molecule has 0 atom stereocenters. The zero-order chi connectivity index (χ0) is 20.8. The number of carbonyl (C=O) groups excluding carboxylic acids is 1. The van der Waals surface area contributed by atoms with Crippen molar-refractivity contribution >= 4 is 34.6 Å². The number of amides is 1. The third kappa shape index (κ3) is 5.61. The Morgan fingerprint density at radius 3 is 2.45 bits per heavy atom. The Kier molecular flexibility index (Phi) is 6.94. The van der Waals surface area contributed by atoms with Crippen LogP contribution in [-0.4, -0.2) is 29.1 Å². The Morgan fingerprint density at radius 1 is 1.14 bits per heavy atom. The molecule has 0 saturated carbocycles. The minimum Gasteiger partial charge on any atom is -0.490 e. The van der Waals surface area contributed by atoms with Gasteiger partial charge in [-0.1, -0.05) is 56.3 Å².